The van der Waals surface area contributed by atoms with Crippen LogP contribution >= 0.6 is 0 Å². The summed E-state index contributed by atoms with van der Waals surface area (Å²) in [6.07, 6.45) is -8.58. The smallest absolute Gasteiger partial charge is 0.377 e. The Hall–Kier alpha value is -1.43. The minimum absolute atomic E-state index is 0.468. The van der Waals surface area contributed by atoms with E-state index in [1.165, 1.54) is 0 Å². The maximum atomic E-state index is 11.0. The van der Waals surface area contributed by atoms with Crippen molar-refractivity contribution < 1.29 is 49.6 Å². The largest absolute Gasteiger partial charge is 0.505 e. The third-order valence-corrected chi connectivity index (χ3v) is 3.25. The van der Waals surface area contributed by atoms with Crippen LogP contribution in [0.15, 0.2) is 11.5 Å². The van der Waals surface area contributed by atoms with Crippen LogP contribution in [0, 0.1) is 0 Å². The summed E-state index contributed by atoms with van der Waals surface area (Å²) in [7, 11) is 0. The summed E-state index contributed by atoms with van der Waals surface area (Å²) in [4.78, 5) is 11.0. The highest BCUT2D eigenvalue weighted by atomic mass is 16.7. The average molecular weight is 308 g/mol. The second-order valence-corrected chi connectivity index (χ2v) is 4.66. The Morgan fingerprint density at radius 3 is 2.29 bits per heavy atom. The van der Waals surface area contributed by atoms with Crippen molar-refractivity contribution in [3.8, 4) is 0 Å². The number of cyclic esters (lactones) is 1. The van der Waals surface area contributed by atoms with Gasteiger partial charge in [-0.1, -0.05) is 0 Å². The number of hydrogen-bond acceptors (Lipinski definition) is 10. The maximum absolute atomic E-state index is 11.0. The highest BCUT2D eigenvalue weighted by Gasteiger charge is 2.45. The lowest BCUT2D eigenvalue weighted by Gasteiger charge is -2.39. The Morgan fingerprint density at radius 1 is 1.10 bits per heavy atom. The zero-order valence-electron chi connectivity index (χ0n) is 10.7. The Labute approximate surface area is 118 Å². The van der Waals surface area contributed by atoms with Crippen molar-refractivity contribution in [2.75, 3.05) is 13.2 Å². The molecule has 2 aliphatic rings. The van der Waals surface area contributed by atoms with Crippen molar-refractivity contribution in [3.63, 3.8) is 0 Å². The number of aliphatic hydroxyl groups is 6. The summed E-state index contributed by atoms with van der Waals surface area (Å²) in [6.45, 7) is -1.08. The molecule has 0 spiro atoms. The molecule has 21 heavy (non-hydrogen) atoms. The fourth-order valence-electron chi connectivity index (χ4n) is 2.00. The molecule has 1 fully saturated rings. The summed E-state index contributed by atoms with van der Waals surface area (Å²) < 4.78 is 14.7. The summed E-state index contributed by atoms with van der Waals surface area (Å²) in [5.74, 6) is -2.77. The quantitative estimate of drug-likeness (QED) is 0.296. The molecule has 2 heterocycles. The number of carbonyl (C=O) groups excluding carboxylic acids is 1. The standard InChI is InChI=1S/C11H16O10/c12-1-3-5(13)7(15)9(17)11(21-3)19-2-4-6(14)8(16)10(18)20-4/h3-5,7,9,11-17H,1-2H2/t3-,4?,5+,7+,9-,11+/m1/s1. The summed E-state index contributed by atoms with van der Waals surface area (Å²) in [6, 6.07) is 0. The molecule has 10 nitrogen and oxygen atoms in total. The second-order valence-electron chi connectivity index (χ2n) is 4.66. The van der Waals surface area contributed by atoms with Gasteiger partial charge in [0.15, 0.2) is 18.2 Å². The molecule has 2 aliphatic heterocycles. The van der Waals surface area contributed by atoms with E-state index in [1.807, 2.05) is 0 Å². The van der Waals surface area contributed by atoms with Crippen LogP contribution in [0.2, 0.25) is 0 Å². The molecule has 6 atom stereocenters. The fraction of sp³-hybridized carbons (Fsp3) is 0.727. The summed E-state index contributed by atoms with van der Waals surface area (Å²) in [5, 5.41) is 56.3. The van der Waals surface area contributed by atoms with Gasteiger partial charge in [-0.2, -0.15) is 0 Å². The molecule has 0 amide bonds. The first-order valence-corrected chi connectivity index (χ1v) is 6.12. The van der Waals surface area contributed by atoms with E-state index in [9.17, 15) is 25.2 Å². The Kier molecular flexibility index (Phi) is 4.66. The van der Waals surface area contributed by atoms with Gasteiger partial charge in [-0.3, -0.25) is 0 Å². The Balaban J connectivity index is 1.95. The van der Waals surface area contributed by atoms with Crippen LogP contribution in [-0.2, 0) is 19.0 Å². The van der Waals surface area contributed by atoms with Gasteiger partial charge < -0.3 is 44.8 Å². The van der Waals surface area contributed by atoms with Gasteiger partial charge in [0.2, 0.25) is 5.76 Å². The van der Waals surface area contributed by atoms with Crippen molar-refractivity contribution in [2.45, 2.75) is 36.8 Å². The third kappa shape index (κ3) is 2.95. The first-order chi connectivity index (χ1) is 9.86. The molecule has 0 saturated carbocycles. The van der Waals surface area contributed by atoms with Crippen molar-refractivity contribution >= 4 is 5.97 Å². The first kappa shape index (κ1) is 15.9. The van der Waals surface area contributed by atoms with Crippen LogP contribution in [0.4, 0.5) is 0 Å². The van der Waals surface area contributed by atoms with Gasteiger partial charge in [0, 0.05) is 0 Å². The number of aliphatic hydroxyl groups excluding tert-OH is 6. The molecule has 1 unspecified atom stereocenters. The summed E-state index contributed by atoms with van der Waals surface area (Å²) >= 11 is 0. The van der Waals surface area contributed by atoms with E-state index in [-0.39, 0.29) is 0 Å². The highest BCUT2D eigenvalue weighted by molar-refractivity contribution is 5.89. The molecule has 0 bridgehead atoms. The number of carbonyl (C=O) groups is 1. The molecule has 6 N–H and O–H groups in total. The molecule has 120 valence electrons. The van der Waals surface area contributed by atoms with Crippen LogP contribution in [0.25, 0.3) is 0 Å². The van der Waals surface area contributed by atoms with Crippen molar-refractivity contribution in [1.29, 1.82) is 0 Å². The molecular formula is C11H16O10. The molecule has 0 radical (unpaired) electrons. The zero-order valence-corrected chi connectivity index (χ0v) is 10.7. The van der Waals surface area contributed by atoms with E-state index >= 15 is 0 Å². The van der Waals surface area contributed by atoms with Gasteiger partial charge in [0.25, 0.3) is 0 Å². The van der Waals surface area contributed by atoms with E-state index in [2.05, 4.69) is 4.74 Å². The lowest BCUT2D eigenvalue weighted by Crippen LogP contribution is -2.59. The lowest BCUT2D eigenvalue weighted by atomic mass is 9.99. The number of rotatable bonds is 4. The first-order valence-electron chi connectivity index (χ1n) is 6.12. The predicted molar refractivity (Wildman–Crippen MR) is 61.9 cm³/mol. The second kappa shape index (κ2) is 6.13. The Morgan fingerprint density at radius 2 is 1.76 bits per heavy atom. The van der Waals surface area contributed by atoms with E-state index in [0.717, 1.165) is 0 Å². The topological polar surface area (TPSA) is 166 Å². The van der Waals surface area contributed by atoms with Crippen molar-refractivity contribution in [3.05, 3.63) is 11.5 Å². The van der Waals surface area contributed by atoms with Crippen LogP contribution in [0.3, 0.4) is 0 Å². The molecule has 10 heteroatoms. The molecule has 0 aromatic rings. The molecule has 1 saturated heterocycles. The lowest BCUT2D eigenvalue weighted by molar-refractivity contribution is -0.304. The number of hydrogen-bond donors (Lipinski definition) is 6. The van der Waals surface area contributed by atoms with Crippen LogP contribution < -0.4 is 0 Å². The number of esters is 1. The monoisotopic (exact) mass is 308 g/mol. The maximum Gasteiger partial charge on any atom is 0.377 e. The van der Waals surface area contributed by atoms with E-state index in [1.54, 1.807) is 0 Å². The van der Waals surface area contributed by atoms with Crippen LogP contribution in [0.5, 0.6) is 0 Å². The average Bonchev–Trinajstić information content (AvgIpc) is 2.71. The van der Waals surface area contributed by atoms with Gasteiger partial charge >= 0.3 is 5.97 Å². The third-order valence-electron chi connectivity index (χ3n) is 3.25. The van der Waals surface area contributed by atoms with E-state index in [4.69, 9.17) is 19.7 Å². The predicted octanol–water partition coefficient (Wildman–Crippen LogP) is -2.94. The van der Waals surface area contributed by atoms with E-state index < -0.39 is 67.5 Å². The number of ether oxygens (including phenoxy) is 3. The Bertz CT molecular complexity index is 433. The molecule has 0 aromatic heterocycles. The van der Waals surface area contributed by atoms with Gasteiger partial charge in [-0.15, -0.1) is 0 Å². The van der Waals surface area contributed by atoms with E-state index in [0.29, 0.717) is 0 Å². The SMILES string of the molecule is O=C1OC(CO[C@H]2O[C@H](CO)[C@H](O)[C@H](O)[C@H]2O)C(O)=C1O. The molecule has 0 aromatic carbocycles. The molecular weight excluding hydrogens is 292 g/mol. The van der Waals surface area contributed by atoms with Gasteiger partial charge in [-0.25, -0.2) is 4.79 Å². The minimum Gasteiger partial charge on any atom is -0.505 e. The normalized spacial score (nSPS) is 40.5. The van der Waals surface area contributed by atoms with Crippen LogP contribution in [-0.4, -0.2) is 86.6 Å². The van der Waals surface area contributed by atoms with Crippen LogP contribution in [0.1, 0.15) is 0 Å². The fourth-order valence-corrected chi connectivity index (χ4v) is 2.00. The molecule has 2 rings (SSSR count). The van der Waals surface area contributed by atoms with Crippen molar-refractivity contribution in [1.82, 2.24) is 0 Å². The minimum atomic E-state index is -1.61. The highest BCUT2D eigenvalue weighted by Crippen LogP contribution is 2.24. The van der Waals surface area contributed by atoms with Gasteiger partial charge in [0.05, 0.1) is 13.2 Å². The van der Waals surface area contributed by atoms with Gasteiger partial charge in [0.1, 0.15) is 24.4 Å². The summed E-state index contributed by atoms with van der Waals surface area (Å²) in [5.41, 5.74) is 0. The molecule has 0 aliphatic carbocycles. The van der Waals surface area contributed by atoms with Gasteiger partial charge in [-0.05, 0) is 0 Å². The zero-order chi connectivity index (χ0) is 15.7. The van der Waals surface area contributed by atoms with Crippen molar-refractivity contribution in [2.24, 2.45) is 0 Å².